The molecule has 0 saturated carbocycles. The highest BCUT2D eigenvalue weighted by Crippen LogP contribution is 2.30. The number of nitrogens with zero attached hydrogens (tertiary/aromatic N) is 7. The van der Waals surface area contributed by atoms with Crippen LogP contribution in [0.1, 0.15) is 55.9 Å². The lowest BCUT2D eigenvalue weighted by molar-refractivity contribution is -0.137. The highest BCUT2D eigenvalue weighted by Gasteiger charge is 2.31. The summed E-state index contributed by atoms with van der Waals surface area (Å²) in [6, 6.07) is 2.15. The van der Waals surface area contributed by atoms with Gasteiger partial charge in [-0.1, -0.05) is 13.8 Å². The number of alkyl halides is 3. The van der Waals surface area contributed by atoms with Crippen molar-refractivity contribution in [2.45, 2.75) is 71.8 Å². The number of rotatable bonds is 10. The van der Waals surface area contributed by atoms with Crippen molar-refractivity contribution < 1.29 is 17.6 Å². The average Bonchev–Trinajstić information content (AvgIpc) is 3.47. The topological polar surface area (TPSA) is 116 Å². The molecule has 3 aromatic heterocycles. The Morgan fingerprint density at radius 2 is 1.81 bits per heavy atom. The maximum absolute atomic E-state index is 14.0. The molecule has 1 aromatic carbocycles. The van der Waals surface area contributed by atoms with Gasteiger partial charge >= 0.3 is 11.9 Å². The summed E-state index contributed by atoms with van der Waals surface area (Å²) in [6.07, 6.45) is -2.40. The maximum Gasteiger partial charge on any atom is 0.416 e. The van der Waals surface area contributed by atoms with Crippen molar-refractivity contribution in [1.82, 2.24) is 39.3 Å². The van der Waals surface area contributed by atoms with E-state index in [2.05, 4.69) is 25.4 Å². The van der Waals surface area contributed by atoms with Crippen molar-refractivity contribution >= 4 is 11.2 Å². The third-order valence-electron chi connectivity index (χ3n) is 5.80. The Kier molecular flexibility index (Phi) is 7.55. The number of benzene rings is 1. The number of nitrogens with one attached hydrogen (secondary N) is 1. The molecule has 3 heterocycles. The van der Waals surface area contributed by atoms with E-state index in [9.17, 15) is 27.2 Å². The summed E-state index contributed by atoms with van der Waals surface area (Å²) in [7, 11) is 0. The molecule has 0 aliphatic heterocycles. The number of tetrazole rings is 1. The van der Waals surface area contributed by atoms with Crippen LogP contribution in [0, 0.1) is 5.82 Å². The van der Waals surface area contributed by atoms with E-state index in [-0.39, 0.29) is 36.4 Å². The zero-order valence-corrected chi connectivity index (χ0v) is 20.3. The lowest BCUT2D eigenvalue weighted by Crippen LogP contribution is -2.40. The van der Waals surface area contributed by atoms with Gasteiger partial charge in [-0.25, -0.2) is 14.2 Å². The summed E-state index contributed by atoms with van der Waals surface area (Å²) in [4.78, 5) is 34.7. The van der Waals surface area contributed by atoms with Gasteiger partial charge in [-0.3, -0.25) is 13.9 Å². The monoisotopic (exact) mass is 522 g/mol. The van der Waals surface area contributed by atoms with E-state index in [4.69, 9.17) is 0 Å². The van der Waals surface area contributed by atoms with Crippen LogP contribution in [-0.2, 0) is 38.7 Å². The molecule has 0 saturated heterocycles. The number of imidazole rings is 1. The van der Waals surface area contributed by atoms with Gasteiger partial charge in [-0.05, 0) is 48.2 Å². The number of halogens is 4. The van der Waals surface area contributed by atoms with Crippen LogP contribution in [0.4, 0.5) is 17.6 Å². The Morgan fingerprint density at radius 1 is 1.03 bits per heavy atom. The molecule has 0 bridgehead atoms. The molecule has 4 aromatic rings. The fourth-order valence-electron chi connectivity index (χ4n) is 4.06. The first-order valence-corrected chi connectivity index (χ1v) is 12.0. The van der Waals surface area contributed by atoms with E-state index >= 15 is 0 Å². The summed E-state index contributed by atoms with van der Waals surface area (Å²) in [5, 5.41) is 11.7. The molecule has 0 fully saturated rings. The summed E-state index contributed by atoms with van der Waals surface area (Å²) in [6.45, 7) is 4.58. The molecule has 4 rings (SSSR count). The molecule has 0 radical (unpaired) electrons. The predicted octanol–water partition coefficient (Wildman–Crippen LogP) is 3.07. The maximum atomic E-state index is 14.0. The summed E-state index contributed by atoms with van der Waals surface area (Å²) in [5.74, 6) is -0.112. The minimum Gasteiger partial charge on any atom is -0.336 e. The second-order valence-corrected chi connectivity index (χ2v) is 8.66. The molecule has 0 spiro atoms. The van der Waals surface area contributed by atoms with Crippen LogP contribution < -0.4 is 11.2 Å². The summed E-state index contributed by atoms with van der Waals surface area (Å²) >= 11 is 0. The van der Waals surface area contributed by atoms with Crippen LogP contribution in [0.2, 0.25) is 0 Å². The quantitative estimate of drug-likeness (QED) is 0.320. The smallest absolute Gasteiger partial charge is 0.336 e. The van der Waals surface area contributed by atoms with E-state index in [0.717, 1.165) is 23.1 Å². The van der Waals surface area contributed by atoms with Gasteiger partial charge in [0.25, 0.3) is 5.56 Å². The van der Waals surface area contributed by atoms with Crippen molar-refractivity contribution in [1.29, 1.82) is 0 Å². The Balaban J connectivity index is 1.49. The van der Waals surface area contributed by atoms with E-state index in [1.54, 1.807) is 0 Å². The van der Waals surface area contributed by atoms with Gasteiger partial charge in [0, 0.05) is 25.9 Å². The van der Waals surface area contributed by atoms with Crippen molar-refractivity contribution in [3.8, 4) is 0 Å². The third kappa shape index (κ3) is 5.62. The predicted molar refractivity (Wildman–Crippen MR) is 126 cm³/mol. The number of aromatic amines is 1. The van der Waals surface area contributed by atoms with E-state index in [1.807, 2.05) is 13.8 Å². The van der Waals surface area contributed by atoms with Gasteiger partial charge in [-0.2, -0.15) is 18.0 Å². The Hall–Kier alpha value is -3.84. The largest absolute Gasteiger partial charge is 0.416 e. The van der Waals surface area contributed by atoms with Crippen LogP contribution >= 0.6 is 0 Å². The SMILES string of the molecule is CCCc1nc2c([nH]1)c(=O)n(CCCn1nnc(Cc3cc(C(F)(F)F)ccc3F)n1)c(=O)n2CCC. The number of fused-ring (bicyclic) bond motifs is 1. The molecule has 1 N–H and O–H groups in total. The van der Waals surface area contributed by atoms with Gasteiger partial charge in [0.15, 0.2) is 11.5 Å². The van der Waals surface area contributed by atoms with Crippen molar-refractivity contribution in [3.63, 3.8) is 0 Å². The summed E-state index contributed by atoms with van der Waals surface area (Å²) in [5.41, 5.74) is -1.46. The molecule has 0 aliphatic rings. The van der Waals surface area contributed by atoms with Crippen LogP contribution in [0.3, 0.4) is 0 Å². The number of hydrogen-bond acceptors (Lipinski definition) is 6. The normalized spacial score (nSPS) is 12.1. The lowest BCUT2D eigenvalue weighted by Gasteiger charge is -2.10. The molecule has 198 valence electrons. The Bertz CT molecular complexity index is 1520. The average molecular weight is 523 g/mol. The molecule has 10 nitrogen and oxygen atoms in total. The minimum atomic E-state index is -4.60. The van der Waals surface area contributed by atoms with Crippen molar-refractivity contribution in [3.05, 3.63) is 67.6 Å². The summed E-state index contributed by atoms with van der Waals surface area (Å²) < 4.78 is 55.5. The molecule has 0 unspecified atom stereocenters. The molecule has 0 atom stereocenters. The molecular weight excluding hydrogens is 496 g/mol. The zero-order valence-electron chi connectivity index (χ0n) is 20.3. The van der Waals surface area contributed by atoms with Gasteiger partial charge in [0.1, 0.15) is 17.2 Å². The second-order valence-electron chi connectivity index (χ2n) is 8.66. The van der Waals surface area contributed by atoms with Gasteiger partial charge in [-0.15, -0.1) is 10.2 Å². The van der Waals surface area contributed by atoms with E-state index < -0.39 is 28.8 Å². The van der Waals surface area contributed by atoms with Crippen LogP contribution in [0.5, 0.6) is 0 Å². The Morgan fingerprint density at radius 3 is 2.51 bits per heavy atom. The number of aryl methyl sites for hydroxylation is 3. The Labute approximate surface area is 207 Å². The standard InChI is InChI=1S/C23H26F4N8O2/c1-3-6-17-28-19-20(29-17)33(9-4-2)22(37)34(21(19)36)10-5-11-35-31-18(30-32-35)13-14-12-15(23(25,26)27)7-8-16(14)24/h7-8,12H,3-6,9-11,13H2,1-2H3,(H,28,29). The van der Waals surface area contributed by atoms with E-state index in [1.165, 1.54) is 9.36 Å². The second kappa shape index (κ2) is 10.6. The van der Waals surface area contributed by atoms with Crippen LogP contribution in [0.25, 0.3) is 11.2 Å². The van der Waals surface area contributed by atoms with Crippen LogP contribution in [0.15, 0.2) is 27.8 Å². The fourth-order valence-corrected chi connectivity index (χ4v) is 4.06. The molecular formula is C23H26F4N8O2. The molecule has 37 heavy (non-hydrogen) atoms. The lowest BCUT2D eigenvalue weighted by atomic mass is 10.1. The first kappa shape index (κ1) is 26.2. The third-order valence-corrected chi connectivity index (χ3v) is 5.80. The van der Waals surface area contributed by atoms with Gasteiger partial charge in [0.2, 0.25) is 0 Å². The van der Waals surface area contributed by atoms with Gasteiger partial charge < -0.3 is 4.98 Å². The van der Waals surface area contributed by atoms with E-state index in [0.29, 0.717) is 43.3 Å². The van der Waals surface area contributed by atoms with Crippen molar-refractivity contribution in [2.24, 2.45) is 0 Å². The first-order chi connectivity index (χ1) is 17.6. The molecule has 0 aliphatic carbocycles. The zero-order chi connectivity index (χ0) is 26.7. The first-order valence-electron chi connectivity index (χ1n) is 12.0. The van der Waals surface area contributed by atoms with Crippen LogP contribution in [-0.4, -0.2) is 39.3 Å². The van der Waals surface area contributed by atoms with Gasteiger partial charge in [0.05, 0.1) is 12.1 Å². The molecule has 14 heteroatoms. The fraction of sp³-hybridized carbons (Fsp3) is 0.478. The highest BCUT2D eigenvalue weighted by molar-refractivity contribution is 5.69. The number of aromatic nitrogens is 8. The number of H-pyrrole nitrogens is 1. The van der Waals surface area contributed by atoms with Crippen molar-refractivity contribution in [2.75, 3.05) is 0 Å². The minimum absolute atomic E-state index is 0.0445. The number of hydrogen-bond donors (Lipinski definition) is 1. The molecule has 0 amide bonds. The highest BCUT2D eigenvalue weighted by atomic mass is 19.4.